The summed E-state index contributed by atoms with van der Waals surface area (Å²) in [6, 6.07) is 19.7. The van der Waals surface area contributed by atoms with E-state index in [1.807, 2.05) is 60.4 Å². The summed E-state index contributed by atoms with van der Waals surface area (Å²) in [4.78, 5) is 26.2. The molecule has 5 nitrogen and oxygen atoms in total. The third kappa shape index (κ3) is 3.92. The number of carbonyl (C=O) groups is 1. The molecular weight excluding hydrogens is 416 g/mol. The summed E-state index contributed by atoms with van der Waals surface area (Å²) in [6.45, 7) is 4.76. The number of benzene rings is 2. The van der Waals surface area contributed by atoms with E-state index in [1.165, 1.54) is 0 Å². The zero-order chi connectivity index (χ0) is 19.5. The Labute approximate surface area is 173 Å². The Morgan fingerprint density at radius 1 is 0.929 bits per heavy atom. The van der Waals surface area contributed by atoms with Gasteiger partial charge in [-0.1, -0.05) is 42.5 Å². The van der Waals surface area contributed by atoms with E-state index in [0.717, 1.165) is 40.5 Å². The number of aromatic nitrogens is 2. The van der Waals surface area contributed by atoms with Gasteiger partial charge in [0.05, 0.1) is 11.3 Å². The molecule has 142 valence electrons. The highest BCUT2D eigenvalue weighted by Gasteiger charge is 2.24. The second-order valence-electron chi connectivity index (χ2n) is 6.78. The second-order valence-corrected chi connectivity index (χ2v) is 7.64. The summed E-state index contributed by atoms with van der Waals surface area (Å²) >= 11 is 3.48. The standard InChI is InChI=1S/C22H21BrN4O/c1-16-24-20(17-7-3-2-4-8-17)15-21(25-16)26-11-13-27(14-12-26)22(28)18-9-5-6-10-19(18)23/h2-10,15H,11-14H2,1H3. The van der Waals surface area contributed by atoms with Crippen molar-refractivity contribution < 1.29 is 4.79 Å². The fourth-order valence-corrected chi connectivity index (χ4v) is 3.87. The molecule has 1 aliphatic rings. The molecular formula is C22H21BrN4O. The van der Waals surface area contributed by atoms with Crippen LogP contribution in [0.5, 0.6) is 0 Å². The maximum atomic E-state index is 12.8. The molecule has 1 fully saturated rings. The van der Waals surface area contributed by atoms with Crippen molar-refractivity contribution in [2.24, 2.45) is 0 Å². The van der Waals surface area contributed by atoms with Crippen LogP contribution >= 0.6 is 15.9 Å². The van der Waals surface area contributed by atoms with Gasteiger partial charge in [-0.15, -0.1) is 0 Å². The Hall–Kier alpha value is -2.73. The lowest BCUT2D eigenvalue weighted by atomic mass is 10.1. The first-order valence-electron chi connectivity index (χ1n) is 9.32. The predicted molar refractivity (Wildman–Crippen MR) is 114 cm³/mol. The molecule has 0 saturated carbocycles. The van der Waals surface area contributed by atoms with Crippen LogP contribution in [0.3, 0.4) is 0 Å². The van der Waals surface area contributed by atoms with E-state index in [0.29, 0.717) is 18.7 Å². The fraction of sp³-hybridized carbons (Fsp3) is 0.227. The fourth-order valence-electron chi connectivity index (χ4n) is 3.41. The molecule has 1 aromatic heterocycles. The van der Waals surface area contributed by atoms with E-state index in [2.05, 4.69) is 42.9 Å². The average Bonchev–Trinajstić information content (AvgIpc) is 2.74. The lowest BCUT2D eigenvalue weighted by molar-refractivity contribution is 0.0745. The van der Waals surface area contributed by atoms with Crippen LogP contribution in [0.15, 0.2) is 65.1 Å². The van der Waals surface area contributed by atoms with E-state index in [1.54, 1.807) is 0 Å². The third-order valence-electron chi connectivity index (χ3n) is 4.89. The zero-order valence-electron chi connectivity index (χ0n) is 15.7. The van der Waals surface area contributed by atoms with Crippen LogP contribution in [0.25, 0.3) is 11.3 Å². The van der Waals surface area contributed by atoms with Crippen molar-refractivity contribution in [3.63, 3.8) is 0 Å². The first-order chi connectivity index (χ1) is 13.6. The van der Waals surface area contributed by atoms with Crippen molar-refractivity contribution in [2.45, 2.75) is 6.92 Å². The van der Waals surface area contributed by atoms with E-state index in [4.69, 9.17) is 0 Å². The molecule has 2 aromatic carbocycles. The first-order valence-corrected chi connectivity index (χ1v) is 10.1. The van der Waals surface area contributed by atoms with Crippen LogP contribution in [0.4, 0.5) is 5.82 Å². The molecule has 28 heavy (non-hydrogen) atoms. The maximum absolute atomic E-state index is 12.8. The van der Waals surface area contributed by atoms with Gasteiger partial charge in [0.15, 0.2) is 0 Å². The molecule has 0 spiro atoms. The molecule has 0 radical (unpaired) electrons. The number of rotatable bonds is 3. The lowest BCUT2D eigenvalue weighted by Gasteiger charge is -2.35. The van der Waals surface area contributed by atoms with Crippen molar-refractivity contribution in [1.29, 1.82) is 0 Å². The normalized spacial score (nSPS) is 14.2. The Balaban J connectivity index is 1.49. The average molecular weight is 437 g/mol. The van der Waals surface area contributed by atoms with Gasteiger partial charge in [0.1, 0.15) is 11.6 Å². The van der Waals surface area contributed by atoms with Crippen molar-refractivity contribution in [3.05, 3.63) is 76.5 Å². The Kier molecular flexibility index (Phi) is 5.39. The SMILES string of the molecule is Cc1nc(-c2ccccc2)cc(N2CCN(C(=O)c3ccccc3Br)CC2)n1. The Morgan fingerprint density at radius 2 is 1.61 bits per heavy atom. The molecule has 1 saturated heterocycles. The number of carbonyl (C=O) groups excluding carboxylic acids is 1. The quantitative estimate of drug-likeness (QED) is 0.617. The predicted octanol–water partition coefficient (Wildman–Crippen LogP) is 4.18. The number of halogens is 1. The van der Waals surface area contributed by atoms with Crippen LogP contribution in [0.2, 0.25) is 0 Å². The van der Waals surface area contributed by atoms with Gasteiger partial charge in [-0.2, -0.15) is 0 Å². The number of hydrogen-bond donors (Lipinski definition) is 0. The smallest absolute Gasteiger partial charge is 0.255 e. The van der Waals surface area contributed by atoms with Crippen molar-refractivity contribution in [1.82, 2.24) is 14.9 Å². The minimum atomic E-state index is 0.0657. The van der Waals surface area contributed by atoms with Gasteiger partial charge in [0.2, 0.25) is 0 Å². The highest BCUT2D eigenvalue weighted by molar-refractivity contribution is 9.10. The summed E-state index contributed by atoms with van der Waals surface area (Å²) in [7, 11) is 0. The number of aryl methyl sites for hydroxylation is 1. The maximum Gasteiger partial charge on any atom is 0.255 e. The number of amides is 1. The highest BCUT2D eigenvalue weighted by atomic mass is 79.9. The van der Waals surface area contributed by atoms with Gasteiger partial charge >= 0.3 is 0 Å². The van der Waals surface area contributed by atoms with Gasteiger partial charge in [-0.05, 0) is 35.0 Å². The third-order valence-corrected chi connectivity index (χ3v) is 5.58. The van der Waals surface area contributed by atoms with Gasteiger partial charge in [-0.3, -0.25) is 4.79 Å². The number of nitrogens with zero attached hydrogens (tertiary/aromatic N) is 4. The van der Waals surface area contributed by atoms with Crippen LogP contribution in [-0.2, 0) is 0 Å². The molecule has 1 amide bonds. The molecule has 2 heterocycles. The van der Waals surface area contributed by atoms with Crippen molar-refractivity contribution in [3.8, 4) is 11.3 Å². The summed E-state index contributed by atoms with van der Waals surface area (Å²) in [6.07, 6.45) is 0. The largest absolute Gasteiger partial charge is 0.353 e. The Morgan fingerprint density at radius 3 is 2.32 bits per heavy atom. The molecule has 4 rings (SSSR count). The van der Waals surface area contributed by atoms with Gasteiger partial charge in [0, 0.05) is 42.3 Å². The van der Waals surface area contributed by atoms with Gasteiger partial charge in [0.25, 0.3) is 5.91 Å². The molecule has 0 unspecified atom stereocenters. The topological polar surface area (TPSA) is 49.3 Å². The summed E-state index contributed by atoms with van der Waals surface area (Å²) in [5, 5.41) is 0. The van der Waals surface area contributed by atoms with E-state index in [-0.39, 0.29) is 5.91 Å². The van der Waals surface area contributed by atoms with Crippen LogP contribution in [-0.4, -0.2) is 47.0 Å². The van der Waals surface area contributed by atoms with Gasteiger partial charge in [-0.25, -0.2) is 9.97 Å². The van der Waals surface area contributed by atoms with Crippen molar-refractivity contribution >= 4 is 27.7 Å². The summed E-state index contributed by atoms with van der Waals surface area (Å²) in [5.74, 6) is 1.73. The van der Waals surface area contributed by atoms with E-state index >= 15 is 0 Å². The van der Waals surface area contributed by atoms with Crippen molar-refractivity contribution in [2.75, 3.05) is 31.1 Å². The van der Waals surface area contributed by atoms with Gasteiger partial charge < -0.3 is 9.80 Å². The lowest BCUT2D eigenvalue weighted by Crippen LogP contribution is -2.49. The van der Waals surface area contributed by atoms with Crippen LogP contribution in [0.1, 0.15) is 16.2 Å². The van der Waals surface area contributed by atoms with E-state index < -0.39 is 0 Å². The molecule has 6 heteroatoms. The first kappa shape index (κ1) is 18.6. The van der Waals surface area contributed by atoms with Crippen LogP contribution in [0, 0.1) is 6.92 Å². The van der Waals surface area contributed by atoms with Crippen LogP contribution < -0.4 is 4.90 Å². The minimum absolute atomic E-state index is 0.0657. The Bertz CT molecular complexity index is 985. The molecule has 3 aromatic rings. The molecule has 0 atom stereocenters. The minimum Gasteiger partial charge on any atom is -0.353 e. The monoisotopic (exact) mass is 436 g/mol. The summed E-state index contributed by atoms with van der Waals surface area (Å²) < 4.78 is 0.835. The van der Waals surface area contributed by atoms with E-state index in [9.17, 15) is 4.79 Å². The second kappa shape index (κ2) is 8.10. The highest BCUT2D eigenvalue weighted by Crippen LogP contribution is 2.24. The summed E-state index contributed by atoms with van der Waals surface area (Å²) in [5.41, 5.74) is 2.71. The molecule has 0 N–H and O–H groups in total. The molecule has 0 aliphatic carbocycles. The molecule has 1 aliphatic heterocycles. The molecule has 0 bridgehead atoms. The number of anilines is 1. The zero-order valence-corrected chi connectivity index (χ0v) is 17.3. The number of piperazine rings is 1. The number of hydrogen-bond acceptors (Lipinski definition) is 4.